The van der Waals surface area contributed by atoms with E-state index in [9.17, 15) is 9.90 Å². The second-order valence-electron chi connectivity index (χ2n) is 5.20. The third kappa shape index (κ3) is 4.56. The molecular formula is C15H22N2O2. The monoisotopic (exact) mass is 262 g/mol. The van der Waals surface area contributed by atoms with Crippen LogP contribution in [0.15, 0.2) is 18.2 Å². The van der Waals surface area contributed by atoms with Gasteiger partial charge >= 0.3 is 0 Å². The number of aryl methyl sites for hydroxylation is 1. The van der Waals surface area contributed by atoms with E-state index in [0.717, 1.165) is 36.9 Å². The molecule has 1 saturated carbocycles. The van der Waals surface area contributed by atoms with Gasteiger partial charge in [0.05, 0.1) is 0 Å². The summed E-state index contributed by atoms with van der Waals surface area (Å²) in [6.07, 6.45) is 3.67. The van der Waals surface area contributed by atoms with Crippen molar-refractivity contribution in [3.05, 3.63) is 29.3 Å². The SMILES string of the molecule is Cc1cccc(CNCCCC(=O)NC2CC2)c1O. The molecule has 2 rings (SSSR count). The van der Waals surface area contributed by atoms with E-state index in [1.807, 2.05) is 25.1 Å². The van der Waals surface area contributed by atoms with Crippen LogP contribution in [-0.4, -0.2) is 23.6 Å². The third-order valence-electron chi connectivity index (χ3n) is 3.34. The van der Waals surface area contributed by atoms with Crippen molar-refractivity contribution in [2.45, 2.75) is 45.2 Å². The first-order valence-corrected chi connectivity index (χ1v) is 6.94. The molecule has 1 amide bonds. The van der Waals surface area contributed by atoms with Crippen LogP contribution in [0.25, 0.3) is 0 Å². The van der Waals surface area contributed by atoms with Crippen molar-refractivity contribution in [3.8, 4) is 5.75 Å². The Kier molecular flexibility index (Phi) is 4.80. The summed E-state index contributed by atoms with van der Waals surface area (Å²) in [5, 5.41) is 16.1. The zero-order valence-electron chi connectivity index (χ0n) is 11.4. The van der Waals surface area contributed by atoms with Crippen LogP contribution < -0.4 is 10.6 Å². The zero-order chi connectivity index (χ0) is 13.7. The first-order valence-electron chi connectivity index (χ1n) is 6.94. The number of rotatable bonds is 7. The average molecular weight is 262 g/mol. The van der Waals surface area contributed by atoms with Gasteiger partial charge in [-0.2, -0.15) is 0 Å². The van der Waals surface area contributed by atoms with E-state index in [0.29, 0.717) is 24.8 Å². The summed E-state index contributed by atoms with van der Waals surface area (Å²) < 4.78 is 0. The lowest BCUT2D eigenvalue weighted by molar-refractivity contribution is -0.121. The molecule has 0 spiro atoms. The van der Waals surface area contributed by atoms with Crippen LogP contribution in [0.3, 0.4) is 0 Å². The number of hydrogen-bond acceptors (Lipinski definition) is 3. The standard InChI is InChI=1S/C15H22N2O2/c1-11-4-2-5-12(15(11)19)10-16-9-3-6-14(18)17-13-7-8-13/h2,4-5,13,16,19H,3,6-10H2,1H3,(H,17,18). The highest BCUT2D eigenvalue weighted by atomic mass is 16.3. The molecule has 1 fully saturated rings. The van der Waals surface area contributed by atoms with Gasteiger partial charge in [0.15, 0.2) is 0 Å². The Morgan fingerprint density at radius 3 is 2.95 bits per heavy atom. The Morgan fingerprint density at radius 1 is 1.42 bits per heavy atom. The number of hydrogen-bond donors (Lipinski definition) is 3. The molecule has 0 aromatic heterocycles. The number of phenolic OH excluding ortho intramolecular Hbond substituents is 1. The van der Waals surface area contributed by atoms with Gasteiger partial charge in [0.2, 0.25) is 5.91 Å². The summed E-state index contributed by atoms with van der Waals surface area (Å²) in [5.41, 5.74) is 1.80. The Balaban J connectivity index is 1.60. The Morgan fingerprint density at radius 2 is 2.21 bits per heavy atom. The van der Waals surface area contributed by atoms with Gasteiger partial charge in [-0.05, 0) is 38.3 Å². The van der Waals surface area contributed by atoms with Crippen molar-refractivity contribution in [1.29, 1.82) is 0 Å². The predicted molar refractivity (Wildman–Crippen MR) is 74.9 cm³/mol. The van der Waals surface area contributed by atoms with Gasteiger partial charge in [0.1, 0.15) is 5.75 Å². The maximum absolute atomic E-state index is 11.4. The molecule has 4 nitrogen and oxygen atoms in total. The van der Waals surface area contributed by atoms with Crippen molar-refractivity contribution in [2.75, 3.05) is 6.54 Å². The van der Waals surface area contributed by atoms with Crippen LogP contribution in [-0.2, 0) is 11.3 Å². The smallest absolute Gasteiger partial charge is 0.220 e. The number of amides is 1. The number of carbonyl (C=O) groups is 1. The molecule has 0 radical (unpaired) electrons. The molecule has 4 heteroatoms. The third-order valence-corrected chi connectivity index (χ3v) is 3.34. The Hall–Kier alpha value is -1.55. The second-order valence-corrected chi connectivity index (χ2v) is 5.20. The molecule has 1 aliphatic rings. The topological polar surface area (TPSA) is 61.4 Å². The van der Waals surface area contributed by atoms with Crippen molar-refractivity contribution in [2.24, 2.45) is 0 Å². The second kappa shape index (κ2) is 6.57. The van der Waals surface area contributed by atoms with Crippen LogP contribution in [0, 0.1) is 6.92 Å². The fourth-order valence-electron chi connectivity index (χ4n) is 1.99. The lowest BCUT2D eigenvalue weighted by Gasteiger charge is -2.08. The molecule has 0 saturated heterocycles. The molecule has 104 valence electrons. The van der Waals surface area contributed by atoms with E-state index >= 15 is 0 Å². The highest BCUT2D eigenvalue weighted by molar-refractivity contribution is 5.76. The van der Waals surface area contributed by atoms with Gasteiger partial charge < -0.3 is 15.7 Å². The quantitative estimate of drug-likeness (QED) is 0.657. The molecule has 1 aliphatic carbocycles. The summed E-state index contributed by atoms with van der Waals surface area (Å²) >= 11 is 0. The van der Waals surface area contributed by atoms with Crippen molar-refractivity contribution in [3.63, 3.8) is 0 Å². The van der Waals surface area contributed by atoms with Crippen LogP contribution in [0.2, 0.25) is 0 Å². The largest absolute Gasteiger partial charge is 0.507 e. The van der Waals surface area contributed by atoms with Crippen molar-refractivity contribution < 1.29 is 9.90 Å². The van der Waals surface area contributed by atoms with E-state index in [4.69, 9.17) is 0 Å². The number of aromatic hydroxyl groups is 1. The summed E-state index contributed by atoms with van der Waals surface area (Å²) in [7, 11) is 0. The van der Waals surface area contributed by atoms with Crippen LogP contribution >= 0.6 is 0 Å². The minimum absolute atomic E-state index is 0.155. The van der Waals surface area contributed by atoms with Crippen LogP contribution in [0.4, 0.5) is 0 Å². The van der Waals surface area contributed by atoms with E-state index in [2.05, 4.69) is 10.6 Å². The molecule has 1 aromatic carbocycles. The summed E-state index contributed by atoms with van der Waals surface area (Å²) in [5.74, 6) is 0.518. The molecule has 0 unspecified atom stereocenters. The minimum Gasteiger partial charge on any atom is -0.507 e. The predicted octanol–water partition coefficient (Wildman–Crippen LogP) is 1.85. The number of nitrogens with one attached hydrogen (secondary N) is 2. The van der Waals surface area contributed by atoms with Gasteiger partial charge in [0.25, 0.3) is 0 Å². The van der Waals surface area contributed by atoms with Gasteiger partial charge in [-0.3, -0.25) is 4.79 Å². The summed E-state index contributed by atoms with van der Waals surface area (Å²) in [4.78, 5) is 11.4. The van der Waals surface area contributed by atoms with Gasteiger partial charge in [-0.1, -0.05) is 18.2 Å². The summed E-state index contributed by atoms with van der Waals surface area (Å²) in [6.45, 7) is 3.31. The molecule has 0 atom stereocenters. The fraction of sp³-hybridized carbons (Fsp3) is 0.533. The van der Waals surface area contributed by atoms with Gasteiger partial charge in [0, 0.05) is 24.6 Å². The van der Waals surface area contributed by atoms with Gasteiger partial charge in [-0.15, -0.1) is 0 Å². The van der Waals surface area contributed by atoms with Crippen molar-refractivity contribution in [1.82, 2.24) is 10.6 Å². The highest BCUT2D eigenvalue weighted by Crippen LogP contribution is 2.21. The number of benzene rings is 1. The molecule has 3 N–H and O–H groups in total. The molecule has 0 heterocycles. The number of para-hydroxylation sites is 1. The first-order chi connectivity index (χ1) is 9.16. The highest BCUT2D eigenvalue weighted by Gasteiger charge is 2.22. The van der Waals surface area contributed by atoms with E-state index < -0.39 is 0 Å². The van der Waals surface area contributed by atoms with Crippen LogP contribution in [0.1, 0.15) is 36.8 Å². The van der Waals surface area contributed by atoms with E-state index in [1.165, 1.54) is 0 Å². The Bertz CT molecular complexity index is 442. The molecule has 0 bridgehead atoms. The van der Waals surface area contributed by atoms with E-state index in [1.54, 1.807) is 0 Å². The van der Waals surface area contributed by atoms with Gasteiger partial charge in [-0.25, -0.2) is 0 Å². The minimum atomic E-state index is 0.155. The molecular weight excluding hydrogens is 240 g/mol. The number of carbonyl (C=O) groups excluding carboxylic acids is 1. The maximum atomic E-state index is 11.4. The van der Waals surface area contributed by atoms with E-state index in [-0.39, 0.29) is 5.91 Å². The first kappa shape index (κ1) is 13.9. The lowest BCUT2D eigenvalue weighted by atomic mass is 10.1. The lowest BCUT2D eigenvalue weighted by Crippen LogP contribution is -2.26. The number of phenols is 1. The maximum Gasteiger partial charge on any atom is 0.220 e. The fourth-order valence-corrected chi connectivity index (χ4v) is 1.99. The van der Waals surface area contributed by atoms with Crippen molar-refractivity contribution >= 4 is 5.91 Å². The Labute approximate surface area is 114 Å². The van der Waals surface area contributed by atoms with Crippen LogP contribution in [0.5, 0.6) is 5.75 Å². The zero-order valence-corrected chi connectivity index (χ0v) is 11.4. The average Bonchev–Trinajstić information content (AvgIpc) is 3.18. The summed E-state index contributed by atoms with van der Waals surface area (Å²) in [6, 6.07) is 6.19. The molecule has 19 heavy (non-hydrogen) atoms. The molecule has 1 aromatic rings. The molecule has 0 aliphatic heterocycles. The normalized spacial score (nSPS) is 14.4.